The highest BCUT2D eigenvalue weighted by Gasteiger charge is 2.27. The number of carbonyl (C=O) groups is 3. The van der Waals surface area contributed by atoms with Crippen LogP contribution in [0, 0.1) is 6.92 Å². The maximum absolute atomic E-state index is 12.7. The van der Waals surface area contributed by atoms with Crippen LogP contribution in [0.2, 0.25) is 0 Å². The molecular formula is C24H27N3O9S2. The van der Waals surface area contributed by atoms with Crippen LogP contribution < -0.4 is 19.5 Å². The third-order valence-electron chi connectivity index (χ3n) is 4.98. The third-order valence-corrected chi connectivity index (χ3v) is 6.99. The first-order valence-corrected chi connectivity index (χ1v) is 13.1. The minimum Gasteiger partial charge on any atom is -0.493 e. The number of anilines is 1. The predicted molar refractivity (Wildman–Crippen MR) is 140 cm³/mol. The molecule has 2 aromatic heterocycles. The van der Waals surface area contributed by atoms with E-state index in [4.69, 9.17) is 28.1 Å². The molecule has 0 radical (unpaired) electrons. The van der Waals surface area contributed by atoms with Crippen molar-refractivity contribution in [2.75, 3.05) is 45.6 Å². The second kappa shape index (κ2) is 13.1. The molecule has 0 aliphatic carbocycles. The summed E-state index contributed by atoms with van der Waals surface area (Å²) in [5, 5.41) is 11.0. The second-order valence-electron chi connectivity index (χ2n) is 7.33. The molecule has 2 heterocycles. The van der Waals surface area contributed by atoms with E-state index in [1.165, 1.54) is 21.3 Å². The Morgan fingerprint density at radius 1 is 0.974 bits per heavy atom. The molecule has 1 amide bonds. The highest BCUT2D eigenvalue weighted by molar-refractivity contribution is 7.99. The van der Waals surface area contributed by atoms with E-state index < -0.39 is 17.8 Å². The van der Waals surface area contributed by atoms with Crippen LogP contribution in [-0.2, 0) is 14.3 Å². The highest BCUT2D eigenvalue weighted by Crippen LogP contribution is 2.41. The number of methoxy groups -OCH3 is 3. The second-order valence-corrected chi connectivity index (χ2v) is 9.27. The van der Waals surface area contributed by atoms with E-state index in [1.54, 1.807) is 32.9 Å². The normalized spacial score (nSPS) is 10.6. The highest BCUT2D eigenvalue weighted by atomic mass is 32.2. The molecular weight excluding hydrogens is 538 g/mol. The van der Waals surface area contributed by atoms with Gasteiger partial charge in [-0.05, 0) is 38.5 Å². The quantitative estimate of drug-likeness (QED) is 0.248. The van der Waals surface area contributed by atoms with Crippen molar-refractivity contribution < 1.29 is 42.5 Å². The van der Waals surface area contributed by atoms with Crippen LogP contribution in [0.15, 0.2) is 21.8 Å². The summed E-state index contributed by atoms with van der Waals surface area (Å²) in [6, 6.07) is 3.32. The first-order chi connectivity index (χ1) is 18.3. The van der Waals surface area contributed by atoms with Crippen LogP contribution in [0.1, 0.15) is 39.4 Å². The van der Waals surface area contributed by atoms with Gasteiger partial charge >= 0.3 is 11.9 Å². The first-order valence-electron chi connectivity index (χ1n) is 11.3. The fraction of sp³-hybridized carbons (Fsp3) is 0.375. The molecule has 0 saturated heterocycles. The smallest absolute Gasteiger partial charge is 0.348 e. The molecule has 0 aliphatic rings. The molecule has 0 bridgehead atoms. The molecule has 0 saturated carbocycles. The van der Waals surface area contributed by atoms with Gasteiger partial charge in [0.15, 0.2) is 11.5 Å². The van der Waals surface area contributed by atoms with Gasteiger partial charge in [-0.1, -0.05) is 11.8 Å². The third kappa shape index (κ3) is 6.37. The number of thioether (sulfide) groups is 1. The number of esters is 2. The van der Waals surface area contributed by atoms with Gasteiger partial charge in [-0.3, -0.25) is 4.79 Å². The van der Waals surface area contributed by atoms with Crippen molar-refractivity contribution in [3.05, 3.63) is 28.1 Å². The Hall–Kier alpha value is -3.78. The lowest BCUT2D eigenvalue weighted by atomic mass is 10.1. The molecule has 12 nitrogen and oxygen atoms in total. The van der Waals surface area contributed by atoms with Gasteiger partial charge in [-0.15, -0.1) is 21.5 Å². The lowest BCUT2D eigenvalue weighted by Crippen LogP contribution is -2.16. The molecule has 3 aromatic rings. The number of hydrogen-bond donors (Lipinski definition) is 1. The minimum atomic E-state index is -0.647. The number of nitrogens with zero attached hydrogens (tertiary/aromatic N) is 2. The van der Waals surface area contributed by atoms with Crippen LogP contribution in [0.5, 0.6) is 17.2 Å². The van der Waals surface area contributed by atoms with Gasteiger partial charge in [0.05, 0.1) is 45.9 Å². The number of carbonyl (C=O) groups excluding carboxylic acids is 3. The lowest BCUT2D eigenvalue weighted by Gasteiger charge is -2.12. The zero-order valence-corrected chi connectivity index (χ0v) is 23.3. The van der Waals surface area contributed by atoms with Crippen molar-refractivity contribution in [3.8, 4) is 28.7 Å². The van der Waals surface area contributed by atoms with Crippen molar-refractivity contribution >= 4 is 45.9 Å². The summed E-state index contributed by atoms with van der Waals surface area (Å²) in [6.07, 6.45) is 0. The number of hydrogen-bond acceptors (Lipinski definition) is 13. The number of ether oxygens (including phenoxy) is 5. The van der Waals surface area contributed by atoms with Crippen LogP contribution in [-0.4, -0.2) is 68.3 Å². The predicted octanol–water partition coefficient (Wildman–Crippen LogP) is 4.22. The van der Waals surface area contributed by atoms with Gasteiger partial charge in [-0.25, -0.2) is 9.59 Å². The Balaban J connectivity index is 1.75. The Morgan fingerprint density at radius 2 is 1.61 bits per heavy atom. The number of thiophene rings is 1. The summed E-state index contributed by atoms with van der Waals surface area (Å²) in [5.74, 6) is -0.354. The monoisotopic (exact) mass is 565 g/mol. The molecule has 0 spiro atoms. The van der Waals surface area contributed by atoms with Gasteiger partial charge in [0.1, 0.15) is 9.88 Å². The van der Waals surface area contributed by atoms with Gasteiger partial charge in [0.2, 0.25) is 17.5 Å². The van der Waals surface area contributed by atoms with E-state index in [2.05, 4.69) is 15.5 Å². The van der Waals surface area contributed by atoms with E-state index in [0.29, 0.717) is 28.4 Å². The molecule has 14 heteroatoms. The molecule has 0 fully saturated rings. The number of rotatable bonds is 12. The Labute approximate surface area is 226 Å². The van der Waals surface area contributed by atoms with Crippen molar-refractivity contribution in [1.29, 1.82) is 0 Å². The van der Waals surface area contributed by atoms with Crippen molar-refractivity contribution in [2.24, 2.45) is 0 Å². The summed E-state index contributed by atoms with van der Waals surface area (Å²) in [5.41, 5.74) is 1.02. The average molecular weight is 566 g/mol. The van der Waals surface area contributed by atoms with Gasteiger partial charge in [0, 0.05) is 5.56 Å². The van der Waals surface area contributed by atoms with E-state index >= 15 is 0 Å². The topological polar surface area (TPSA) is 148 Å². The van der Waals surface area contributed by atoms with E-state index in [1.807, 2.05) is 0 Å². The first kappa shape index (κ1) is 28.8. The molecule has 38 heavy (non-hydrogen) atoms. The standard InChI is InChI=1S/C24H27N3O9S2/c1-7-34-22(29)17-12(3)19(23(30)35-8-2)38-21(17)25-16(28)11-37-24-27-26-20(36-24)13-9-14(31-4)18(33-6)15(10-13)32-5/h9-10H,7-8,11H2,1-6H3,(H,25,28). The van der Waals surface area contributed by atoms with Crippen LogP contribution in [0.3, 0.4) is 0 Å². The van der Waals surface area contributed by atoms with Gasteiger partial charge in [0.25, 0.3) is 5.22 Å². The number of aromatic nitrogens is 2. The molecule has 0 atom stereocenters. The van der Waals surface area contributed by atoms with Crippen LogP contribution in [0.4, 0.5) is 5.00 Å². The summed E-state index contributed by atoms with van der Waals surface area (Å²) >= 11 is 1.95. The van der Waals surface area contributed by atoms with E-state index in [-0.39, 0.29) is 45.5 Å². The van der Waals surface area contributed by atoms with E-state index in [9.17, 15) is 14.4 Å². The lowest BCUT2D eigenvalue weighted by molar-refractivity contribution is -0.113. The van der Waals surface area contributed by atoms with Crippen molar-refractivity contribution in [3.63, 3.8) is 0 Å². The van der Waals surface area contributed by atoms with E-state index in [0.717, 1.165) is 23.1 Å². The van der Waals surface area contributed by atoms with Crippen LogP contribution >= 0.6 is 23.1 Å². The summed E-state index contributed by atoms with van der Waals surface area (Å²) in [4.78, 5) is 37.8. The molecule has 1 aromatic carbocycles. The Kier molecular flexibility index (Phi) is 9.96. The van der Waals surface area contributed by atoms with Crippen molar-refractivity contribution in [2.45, 2.75) is 26.0 Å². The molecule has 1 N–H and O–H groups in total. The van der Waals surface area contributed by atoms with Crippen LogP contribution in [0.25, 0.3) is 11.5 Å². The van der Waals surface area contributed by atoms with Gasteiger partial charge < -0.3 is 33.4 Å². The largest absolute Gasteiger partial charge is 0.493 e. The molecule has 0 aliphatic heterocycles. The van der Waals surface area contributed by atoms with Crippen molar-refractivity contribution in [1.82, 2.24) is 10.2 Å². The fourth-order valence-electron chi connectivity index (χ4n) is 3.32. The molecule has 3 rings (SSSR count). The van der Waals surface area contributed by atoms with Gasteiger partial charge in [-0.2, -0.15) is 0 Å². The Morgan fingerprint density at radius 3 is 2.18 bits per heavy atom. The number of benzene rings is 1. The SMILES string of the molecule is CCOC(=O)c1sc(NC(=O)CSc2nnc(-c3cc(OC)c(OC)c(OC)c3)o2)c(C(=O)OCC)c1C. The molecule has 204 valence electrons. The number of nitrogens with one attached hydrogen (secondary N) is 1. The summed E-state index contributed by atoms with van der Waals surface area (Å²) in [7, 11) is 4.48. The zero-order valence-electron chi connectivity index (χ0n) is 21.7. The Bertz CT molecular complexity index is 1290. The maximum Gasteiger partial charge on any atom is 0.348 e. The molecule has 0 unspecified atom stereocenters. The summed E-state index contributed by atoms with van der Waals surface area (Å²) in [6.45, 7) is 5.25. The number of amides is 1. The summed E-state index contributed by atoms with van der Waals surface area (Å²) < 4.78 is 31.9. The minimum absolute atomic E-state index is 0.106. The fourth-order valence-corrected chi connectivity index (χ4v) is 4.99. The zero-order chi connectivity index (χ0) is 27.8. The average Bonchev–Trinajstić information content (AvgIpc) is 3.51. The maximum atomic E-state index is 12.7.